The number of hydrogen-bond acceptors (Lipinski definition) is 5. The van der Waals surface area contributed by atoms with Crippen molar-refractivity contribution in [2.24, 2.45) is 0 Å². The minimum Gasteiger partial charge on any atom is -0.496 e. The molecule has 150 valence electrons. The van der Waals surface area contributed by atoms with Crippen molar-refractivity contribution >= 4 is 29.2 Å². The van der Waals surface area contributed by atoms with Crippen LogP contribution in [0.15, 0.2) is 66.7 Å². The molecule has 6 heteroatoms. The van der Waals surface area contributed by atoms with Crippen LogP contribution in [0.1, 0.15) is 21.5 Å². The number of carbonyl (C=O) groups excluding carboxylic acids is 1. The van der Waals surface area contributed by atoms with Gasteiger partial charge >= 0.3 is 5.97 Å². The highest BCUT2D eigenvalue weighted by molar-refractivity contribution is 6.30. The summed E-state index contributed by atoms with van der Waals surface area (Å²) in [5.41, 5.74) is 2.26. The molecule has 0 aliphatic rings. The number of benzene rings is 3. The summed E-state index contributed by atoms with van der Waals surface area (Å²) in [5.74, 6) is 0.489. The maximum absolute atomic E-state index is 12.6. The Kier molecular flexibility index (Phi) is 6.74. The summed E-state index contributed by atoms with van der Waals surface area (Å²) in [5, 5.41) is 10.1. The van der Waals surface area contributed by atoms with Crippen LogP contribution in [0.5, 0.6) is 17.2 Å². The summed E-state index contributed by atoms with van der Waals surface area (Å²) in [6.07, 6.45) is 1.75. The maximum atomic E-state index is 12.6. The fourth-order valence-electron chi connectivity index (χ4n) is 2.82. The number of halogens is 1. The molecule has 0 bridgehead atoms. The summed E-state index contributed by atoms with van der Waals surface area (Å²) < 4.78 is 16.0. The number of esters is 1. The van der Waals surface area contributed by atoms with E-state index in [9.17, 15) is 10.1 Å². The molecule has 3 rings (SSSR count). The van der Waals surface area contributed by atoms with Crippen LogP contribution >= 0.6 is 11.6 Å². The zero-order valence-electron chi connectivity index (χ0n) is 16.4. The van der Waals surface area contributed by atoms with Gasteiger partial charge in [-0.3, -0.25) is 0 Å². The molecule has 0 aromatic heterocycles. The van der Waals surface area contributed by atoms with Gasteiger partial charge in [-0.05, 0) is 53.6 Å². The van der Waals surface area contributed by atoms with Gasteiger partial charge in [0.1, 0.15) is 22.8 Å². The van der Waals surface area contributed by atoms with Crippen LogP contribution in [0.4, 0.5) is 0 Å². The zero-order chi connectivity index (χ0) is 21.5. The van der Waals surface area contributed by atoms with E-state index in [0.717, 1.165) is 11.1 Å². The summed E-state index contributed by atoms with van der Waals surface area (Å²) in [6, 6.07) is 21.1. The third-order valence-corrected chi connectivity index (χ3v) is 4.56. The van der Waals surface area contributed by atoms with Gasteiger partial charge in [0.05, 0.1) is 25.9 Å². The van der Waals surface area contributed by atoms with Crippen LogP contribution in [-0.2, 0) is 0 Å². The number of nitriles is 1. The van der Waals surface area contributed by atoms with Crippen LogP contribution < -0.4 is 14.2 Å². The first-order valence-corrected chi connectivity index (χ1v) is 9.34. The molecule has 0 aliphatic carbocycles. The molecule has 3 aromatic rings. The summed E-state index contributed by atoms with van der Waals surface area (Å²) in [4.78, 5) is 12.6. The standard InChI is InChI=1S/C24H18ClNO4/c1-28-21-4-3-5-22(29-2)23(21)24(27)30-20-12-6-16(7-13-20)14-18(15-26)17-8-10-19(25)11-9-17/h3-14H,1-2H3/b18-14-. The van der Waals surface area contributed by atoms with Gasteiger partial charge in [0.15, 0.2) is 0 Å². The second kappa shape index (κ2) is 9.64. The first kappa shape index (κ1) is 21.0. The van der Waals surface area contributed by atoms with Gasteiger partial charge in [-0.1, -0.05) is 41.9 Å². The van der Waals surface area contributed by atoms with Gasteiger partial charge in [-0.15, -0.1) is 0 Å². The van der Waals surface area contributed by atoms with E-state index >= 15 is 0 Å². The number of hydrogen-bond donors (Lipinski definition) is 0. The second-order valence-corrected chi connectivity index (χ2v) is 6.61. The Bertz CT molecular complexity index is 1090. The number of ether oxygens (including phenoxy) is 3. The third-order valence-electron chi connectivity index (χ3n) is 4.31. The Morgan fingerprint density at radius 2 is 1.53 bits per heavy atom. The number of rotatable bonds is 6. The van der Waals surface area contributed by atoms with Crippen molar-refractivity contribution in [1.29, 1.82) is 5.26 Å². The lowest BCUT2D eigenvalue weighted by Crippen LogP contribution is -2.11. The van der Waals surface area contributed by atoms with Crippen molar-refractivity contribution in [2.75, 3.05) is 14.2 Å². The highest BCUT2D eigenvalue weighted by Gasteiger charge is 2.20. The Labute approximate surface area is 179 Å². The monoisotopic (exact) mass is 419 g/mol. The van der Waals surface area contributed by atoms with Crippen molar-refractivity contribution < 1.29 is 19.0 Å². The van der Waals surface area contributed by atoms with Crippen molar-refractivity contribution in [3.05, 3.63) is 88.4 Å². The minimum absolute atomic E-state index is 0.209. The molecular weight excluding hydrogens is 402 g/mol. The topological polar surface area (TPSA) is 68.6 Å². The first-order valence-electron chi connectivity index (χ1n) is 8.96. The second-order valence-electron chi connectivity index (χ2n) is 6.17. The quantitative estimate of drug-likeness (QED) is 0.224. The molecule has 30 heavy (non-hydrogen) atoms. The number of nitrogens with zero attached hydrogens (tertiary/aromatic N) is 1. The number of methoxy groups -OCH3 is 2. The average Bonchev–Trinajstić information content (AvgIpc) is 2.78. The molecule has 0 atom stereocenters. The van der Waals surface area contributed by atoms with Crippen LogP contribution in [-0.4, -0.2) is 20.2 Å². The average molecular weight is 420 g/mol. The Morgan fingerprint density at radius 3 is 2.07 bits per heavy atom. The van der Waals surface area contributed by atoms with Crippen LogP contribution in [0.25, 0.3) is 11.6 Å². The predicted octanol–water partition coefficient (Wildman–Crippen LogP) is 5.64. The van der Waals surface area contributed by atoms with Crippen LogP contribution in [0.2, 0.25) is 5.02 Å². The molecule has 0 spiro atoms. The molecule has 0 fully saturated rings. The molecular formula is C24H18ClNO4. The predicted molar refractivity (Wildman–Crippen MR) is 116 cm³/mol. The highest BCUT2D eigenvalue weighted by atomic mass is 35.5. The molecule has 5 nitrogen and oxygen atoms in total. The Hall–Kier alpha value is -3.75. The normalized spacial score (nSPS) is 10.8. The van der Waals surface area contributed by atoms with Gasteiger partial charge in [0.25, 0.3) is 0 Å². The van der Waals surface area contributed by atoms with E-state index in [-0.39, 0.29) is 5.56 Å². The van der Waals surface area contributed by atoms with Crippen molar-refractivity contribution in [1.82, 2.24) is 0 Å². The zero-order valence-corrected chi connectivity index (χ0v) is 17.1. The van der Waals surface area contributed by atoms with E-state index in [2.05, 4.69) is 6.07 Å². The van der Waals surface area contributed by atoms with E-state index in [4.69, 9.17) is 25.8 Å². The maximum Gasteiger partial charge on any atom is 0.351 e. The third kappa shape index (κ3) is 4.80. The van der Waals surface area contributed by atoms with E-state index in [0.29, 0.717) is 27.8 Å². The number of carbonyl (C=O) groups is 1. The summed E-state index contributed by atoms with van der Waals surface area (Å²) >= 11 is 5.90. The molecule has 0 aliphatic heterocycles. The van der Waals surface area contributed by atoms with Crippen molar-refractivity contribution in [3.63, 3.8) is 0 Å². The smallest absolute Gasteiger partial charge is 0.351 e. The van der Waals surface area contributed by atoms with E-state index in [1.165, 1.54) is 14.2 Å². The Balaban J connectivity index is 1.80. The fourth-order valence-corrected chi connectivity index (χ4v) is 2.94. The fraction of sp³-hybridized carbons (Fsp3) is 0.0833. The highest BCUT2D eigenvalue weighted by Crippen LogP contribution is 2.30. The molecule has 0 saturated carbocycles. The van der Waals surface area contributed by atoms with Gasteiger partial charge in [0, 0.05) is 5.02 Å². The molecule has 0 N–H and O–H groups in total. The van der Waals surface area contributed by atoms with Gasteiger partial charge in [-0.2, -0.15) is 5.26 Å². The number of allylic oxidation sites excluding steroid dienone is 1. The lowest BCUT2D eigenvalue weighted by molar-refractivity contribution is 0.0727. The lowest BCUT2D eigenvalue weighted by atomic mass is 10.0. The SMILES string of the molecule is COc1cccc(OC)c1C(=O)Oc1ccc(/C=C(/C#N)c2ccc(Cl)cc2)cc1. The van der Waals surface area contributed by atoms with Gasteiger partial charge < -0.3 is 14.2 Å². The van der Waals surface area contributed by atoms with E-state index in [1.807, 2.05) is 0 Å². The van der Waals surface area contributed by atoms with Crippen molar-refractivity contribution in [2.45, 2.75) is 0 Å². The molecule has 0 heterocycles. The molecule has 0 saturated heterocycles. The lowest BCUT2D eigenvalue weighted by Gasteiger charge is -2.12. The first-order chi connectivity index (χ1) is 14.5. The van der Waals surface area contributed by atoms with Gasteiger partial charge in [-0.25, -0.2) is 4.79 Å². The molecule has 0 amide bonds. The van der Waals surface area contributed by atoms with Gasteiger partial charge in [0.2, 0.25) is 0 Å². The van der Waals surface area contributed by atoms with E-state index in [1.54, 1.807) is 72.8 Å². The van der Waals surface area contributed by atoms with Crippen LogP contribution in [0.3, 0.4) is 0 Å². The van der Waals surface area contributed by atoms with Crippen LogP contribution in [0, 0.1) is 11.3 Å². The van der Waals surface area contributed by atoms with Crippen molar-refractivity contribution in [3.8, 4) is 23.3 Å². The largest absolute Gasteiger partial charge is 0.496 e. The molecule has 0 unspecified atom stereocenters. The summed E-state index contributed by atoms with van der Waals surface area (Å²) in [6.45, 7) is 0. The summed E-state index contributed by atoms with van der Waals surface area (Å²) in [7, 11) is 2.94. The molecule has 3 aromatic carbocycles. The minimum atomic E-state index is -0.591. The van der Waals surface area contributed by atoms with E-state index < -0.39 is 5.97 Å². The molecule has 0 radical (unpaired) electrons. The Morgan fingerprint density at radius 1 is 0.933 bits per heavy atom.